The van der Waals surface area contributed by atoms with E-state index in [0.29, 0.717) is 30.3 Å². The van der Waals surface area contributed by atoms with E-state index in [-0.39, 0.29) is 11.0 Å². The molecule has 0 atom stereocenters. The van der Waals surface area contributed by atoms with Crippen molar-refractivity contribution in [3.8, 4) is 22.6 Å². The summed E-state index contributed by atoms with van der Waals surface area (Å²) in [5.74, 6) is 0.888. The third-order valence-electron chi connectivity index (χ3n) is 4.29. The number of rotatable bonds is 3. The van der Waals surface area contributed by atoms with Crippen molar-refractivity contribution in [1.29, 1.82) is 0 Å². The molecule has 0 spiro atoms. The fourth-order valence-electron chi connectivity index (χ4n) is 2.98. The van der Waals surface area contributed by atoms with Crippen molar-refractivity contribution in [2.75, 3.05) is 18.5 Å². The Bertz CT molecular complexity index is 1020. The topological polar surface area (TPSA) is 59.6 Å². The molecule has 1 amide bonds. The van der Waals surface area contributed by atoms with Gasteiger partial charge in [-0.05, 0) is 42.0 Å². The van der Waals surface area contributed by atoms with E-state index in [4.69, 9.17) is 21.7 Å². The molecule has 5 nitrogen and oxygen atoms in total. The van der Waals surface area contributed by atoms with Crippen LogP contribution in [0.15, 0.2) is 72.8 Å². The molecule has 4 rings (SSSR count). The fourth-order valence-corrected chi connectivity index (χ4v) is 3.18. The highest BCUT2D eigenvalue weighted by atomic mass is 32.1. The van der Waals surface area contributed by atoms with Crippen molar-refractivity contribution in [3.05, 3.63) is 78.4 Å². The molecule has 0 aromatic heterocycles. The van der Waals surface area contributed by atoms with E-state index < -0.39 is 0 Å². The summed E-state index contributed by atoms with van der Waals surface area (Å²) in [6, 6.07) is 22.9. The number of para-hydroxylation sites is 1. The monoisotopic (exact) mass is 390 g/mol. The third kappa shape index (κ3) is 3.97. The summed E-state index contributed by atoms with van der Waals surface area (Å²) >= 11 is 5.34. The van der Waals surface area contributed by atoms with Crippen LogP contribution in [0.1, 0.15) is 10.4 Å². The molecule has 0 bridgehead atoms. The normalized spacial score (nSPS) is 12.1. The standard InChI is InChI=1S/C22H18N2O3S/c25-21(16-10-11-19-20(14-16)27-13-12-26-19)24-22(28)23-18-9-5-4-8-17(18)15-6-2-1-3-7-15/h1-11,14H,12-13H2,(H2,23,24,25,28). The highest BCUT2D eigenvalue weighted by Crippen LogP contribution is 2.31. The van der Waals surface area contributed by atoms with Gasteiger partial charge in [0.15, 0.2) is 16.6 Å². The zero-order valence-electron chi connectivity index (χ0n) is 15.0. The first-order chi connectivity index (χ1) is 13.7. The predicted molar refractivity (Wildman–Crippen MR) is 113 cm³/mol. The Kier molecular flexibility index (Phi) is 5.21. The highest BCUT2D eigenvalue weighted by Gasteiger charge is 2.16. The van der Waals surface area contributed by atoms with Crippen LogP contribution < -0.4 is 20.1 Å². The number of anilines is 1. The molecule has 1 aliphatic heterocycles. The summed E-state index contributed by atoms with van der Waals surface area (Å²) in [6.07, 6.45) is 0. The maximum absolute atomic E-state index is 12.6. The minimum absolute atomic E-state index is 0.225. The Morgan fingerprint density at radius 3 is 2.39 bits per heavy atom. The van der Waals surface area contributed by atoms with E-state index in [2.05, 4.69) is 10.6 Å². The number of hydrogen-bond donors (Lipinski definition) is 2. The average Bonchev–Trinajstić information content (AvgIpc) is 2.74. The van der Waals surface area contributed by atoms with E-state index in [9.17, 15) is 4.79 Å². The summed E-state index contributed by atoms with van der Waals surface area (Å²) in [5.41, 5.74) is 3.33. The van der Waals surface area contributed by atoms with Crippen LogP contribution in [0.3, 0.4) is 0 Å². The van der Waals surface area contributed by atoms with Crippen molar-refractivity contribution >= 4 is 28.9 Å². The summed E-state index contributed by atoms with van der Waals surface area (Å²) < 4.78 is 11.0. The van der Waals surface area contributed by atoms with Crippen LogP contribution >= 0.6 is 12.2 Å². The second-order valence-corrected chi connectivity index (χ2v) is 6.59. The van der Waals surface area contributed by atoms with Gasteiger partial charge in [0, 0.05) is 16.8 Å². The molecule has 1 heterocycles. The first-order valence-electron chi connectivity index (χ1n) is 8.87. The van der Waals surface area contributed by atoms with Gasteiger partial charge in [-0.1, -0.05) is 48.5 Å². The zero-order valence-corrected chi connectivity index (χ0v) is 15.8. The number of benzene rings is 3. The smallest absolute Gasteiger partial charge is 0.257 e. The van der Waals surface area contributed by atoms with Gasteiger partial charge in [0.2, 0.25) is 0 Å². The van der Waals surface area contributed by atoms with Crippen LogP contribution in [0, 0.1) is 0 Å². The second-order valence-electron chi connectivity index (χ2n) is 6.18. The average molecular weight is 390 g/mol. The summed E-state index contributed by atoms with van der Waals surface area (Å²) in [4.78, 5) is 12.6. The molecule has 0 unspecified atom stereocenters. The Morgan fingerprint density at radius 1 is 0.857 bits per heavy atom. The summed E-state index contributed by atoms with van der Waals surface area (Å²) in [5, 5.41) is 6.06. The number of hydrogen-bond acceptors (Lipinski definition) is 4. The molecule has 3 aromatic rings. The minimum Gasteiger partial charge on any atom is -0.486 e. The second kappa shape index (κ2) is 8.10. The molecule has 140 valence electrons. The van der Waals surface area contributed by atoms with Crippen molar-refractivity contribution in [3.63, 3.8) is 0 Å². The number of carbonyl (C=O) groups excluding carboxylic acids is 1. The summed E-state index contributed by atoms with van der Waals surface area (Å²) in [6.45, 7) is 0.974. The van der Waals surface area contributed by atoms with Crippen molar-refractivity contribution in [2.45, 2.75) is 0 Å². The number of carbonyl (C=O) groups is 1. The van der Waals surface area contributed by atoms with Gasteiger partial charge in [-0.15, -0.1) is 0 Å². The van der Waals surface area contributed by atoms with Gasteiger partial charge >= 0.3 is 0 Å². The molecule has 0 saturated carbocycles. The Labute approximate surface area is 168 Å². The zero-order chi connectivity index (χ0) is 19.3. The van der Waals surface area contributed by atoms with Gasteiger partial charge < -0.3 is 14.8 Å². The van der Waals surface area contributed by atoms with Crippen LogP contribution in [0.25, 0.3) is 11.1 Å². The molecule has 0 radical (unpaired) electrons. The largest absolute Gasteiger partial charge is 0.486 e. The van der Waals surface area contributed by atoms with E-state index >= 15 is 0 Å². The lowest BCUT2D eigenvalue weighted by molar-refractivity contribution is 0.0976. The Morgan fingerprint density at radius 2 is 1.57 bits per heavy atom. The molecule has 0 aliphatic carbocycles. The molecular weight excluding hydrogens is 372 g/mol. The lowest BCUT2D eigenvalue weighted by Crippen LogP contribution is -2.34. The maximum atomic E-state index is 12.6. The lowest BCUT2D eigenvalue weighted by Gasteiger charge is -2.19. The summed E-state index contributed by atoms with van der Waals surface area (Å²) in [7, 11) is 0. The molecule has 1 aliphatic rings. The van der Waals surface area contributed by atoms with Crippen molar-refractivity contribution in [2.24, 2.45) is 0 Å². The van der Waals surface area contributed by atoms with E-state index in [1.807, 2.05) is 54.6 Å². The van der Waals surface area contributed by atoms with Crippen LogP contribution in [0.5, 0.6) is 11.5 Å². The molecule has 28 heavy (non-hydrogen) atoms. The first kappa shape index (κ1) is 18.0. The lowest BCUT2D eigenvalue weighted by atomic mass is 10.0. The first-order valence-corrected chi connectivity index (χ1v) is 9.28. The van der Waals surface area contributed by atoms with Crippen LogP contribution in [0.2, 0.25) is 0 Å². The number of nitrogens with one attached hydrogen (secondary N) is 2. The van der Waals surface area contributed by atoms with Crippen LogP contribution in [0.4, 0.5) is 5.69 Å². The molecule has 6 heteroatoms. The number of thiocarbonyl (C=S) groups is 1. The van der Waals surface area contributed by atoms with Crippen LogP contribution in [-0.2, 0) is 0 Å². The van der Waals surface area contributed by atoms with Gasteiger partial charge in [-0.3, -0.25) is 10.1 Å². The number of ether oxygens (including phenoxy) is 2. The maximum Gasteiger partial charge on any atom is 0.257 e. The van der Waals surface area contributed by atoms with Gasteiger partial charge in [0.1, 0.15) is 13.2 Å². The molecule has 0 saturated heterocycles. The number of fused-ring (bicyclic) bond motifs is 1. The van der Waals surface area contributed by atoms with Gasteiger partial charge in [0.05, 0.1) is 0 Å². The van der Waals surface area contributed by atoms with Gasteiger partial charge in [-0.25, -0.2) is 0 Å². The van der Waals surface area contributed by atoms with Crippen LogP contribution in [-0.4, -0.2) is 24.2 Å². The van der Waals surface area contributed by atoms with Crippen molar-refractivity contribution < 1.29 is 14.3 Å². The predicted octanol–water partition coefficient (Wildman–Crippen LogP) is 4.25. The molecular formula is C22H18N2O3S. The van der Waals surface area contributed by atoms with Gasteiger partial charge in [-0.2, -0.15) is 0 Å². The molecule has 2 N–H and O–H groups in total. The third-order valence-corrected chi connectivity index (χ3v) is 4.50. The molecule has 3 aromatic carbocycles. The minimum atomic E-state index is -0.313. The Hall–Kier alpha value is -3.38. The van der Waals surface area contributed by atoms with E-state index in [0.717, 1.165) is 16.8 Å². The van der Waals surface area contributed by atoms with Gasteiger partial charge in [0.25, 0.3) is 5.91 Å². The highest BCUT2D eigenvalue weighted by molar-refractivity contribution is 7.80. The van der Waals surface area contributed by atoms with E-state index in [1.54, 1.807) is 18.2 Å². The SMILES string of the molecule is O=C(NC(=S)Nc1ccccc1-c1ccccc1)c1ccc2c(c1)OCCO2. The Balaban J connectivity index is 1.47. The quantitative estimate of drug-likeness (QED) is 0.655. The molecule has 0 fully saturated rings. The fraction of sp³-hybridized carbons (Fsp3) is 0.0909. The van der Waals surface area contributed by atoms with Crippen molar-refractivity contribution in [1.82, 2.24) is 5.32 Å². The number of amides is 1. The van der Waals surface area contributed by atoms with E-state index in [1.165, 1.54) is 0 Å².